The summed E-state index contributed by atoms with van der Waals surface area (Å²) in [6.07, 6.45) is 3.33. The SMILES string of the molecule is CCOc1ccc2nc3sc(C(=O)N4CCCCC4)c(N)c3cc2c1. The zero-order chi connectivity index (χ0) is 17.4. The first-order valence-corrected chi connectivity index (χ1v) is 9.54. The van der Waals surface area contributed by atoms with Crippen LogP contribution in [0.25, 0.3) is 21.1 Å². The van der Waals surface area contributed by atoms with Crippen LogP contribution in [0.15, 0.2) is 24.3 Å². The lowest BCUT2D eigenvalue weighted by molar-refractivity contribution is 0.0730. The summed E-state index contributed by atoms with van der Waals surface area (Å²) in [6.45, 7) is 4.22. The highest BCUT2D eigenvalue weighted by molar-refractivity contribution is 7.21. The molecule has 1 aliphatic rings. The summed E-state index contributed by atoms with van der Waals surface area (Å²) in [5.74, 6) is 0.855. The number of piperidine rings is 1. The lowest BCUT2D eigenvalue weighted by Crippen LogP contribution is -2.35. The maximum atomic E-state index is 12.8. The zero-order valence-corrected chi connectivity index (χ0v) is 15.1. The quantitative estimate of drug-likeness (QED) is 0.769. The van der Waals surface area contributed by atoms with Gasteiger partial charge in [-0.1, -0.05) is 0 Å². The standard InChI is InChI=1S/C19H21N3O2S/c1-2-24-13-6-7-15-12(10-13)11-14-16(20)17(25-18(14)21-15)19(23)22-8-4-3-5-9-22/h6-7,10-11H,2-5,8-9,20H2,1H3. The first-order chi connectivity index (χ1) is 12.2. The second-order valence-corrected chi connectivity index (χ2v) is 7.33. The van der Waals surface area contributed by atoms with Gasteiger partial charge in [0.05, 0.1) is 17.8 Å². The normalized spacial score (nSPS) is 15.0. The van der Waals surface area contributed by atoms with Crippen molar-refractivity contribution in [3.63, 3.8) is 0 Å². The molecule has 1 amide bonds. The largest absolute Gasteiger partial charge is 0.494 e. The number of carbonyl (C=O) groups is 1. The first kappa shape index (κ1) is 16.1. The van der Waals surface area contributed by atoms with E-state index in [0.29, 0.717) is 17.2 Å². The molecule has 0 atom stereocenters. The molecule has 4 rings (SSSR count). The number of pyridine rings is 1. The highest BCUT2D eigenvalue weighted by atomic mass is 32.1. The van der Waals surface area contributed by atoms with E-state index >= 15 is 0 Å². The van der Waals surface area contributed by atoms with Crippen molar-refractivity contribution in [1.82, 2.24) is 9.88 Å². The van der Waals surface area contributed by atoms with Crippen LogP contribution >= 0.6 is 11.3 Å². The Labute approximate surface area is 150 Å². The van der Waals surface area contributed by atoms with Crippen molar-refractivity contribution in [1.29, 1.82) is 0 Å². The minimum atomic E-state index is 0.0410. The number of hydrogen-bond acceptors (Lipinski definition) is 5. The van der Waals surface area contributed by atoms with Gasteiger partial charge in [0.25, 0.3) is 5.91 Å². The van der Waals surface area contributed by atoms with E-state index in [1.165, 1.54) is 17.8 Å². The summed E-state index contributed by atoms with van der Waals surface area (Å²) in [6, 6.07) is 7.84. The molecule has 25 heavy (non-hydrogen) atoms. The number of nitrogens with two attached hydrogens (primary N) is 1. The summed E-state index contributed by atoms with van der Waals surface area (Å²) in [7, 11) is 0. The van der Waals surface area contributed by atoms with Crippen molar-refractivity contribution in [3.05, 3.63) is 29.1 Å². The number of amides is 1. The molecule has 2 aromatic heterocycles. The molecule has 130 valence electrons. The molecule has 0 radical (unpaired) electrons. The summed E-state index contributed by atoms with van der Waals surface area (Å²) in [5, 5.41) is 1.83. The number of aromatic nitrogens is 1. The third kappa shape index (κ3) is 2.91. The Balaban J connectivity index is 1.77. The summed E-state index contributed by atoms with van der Waals surface area (Å²) < 4.78 is 5.56. The Morgan fingerprint density at radius 1 is 1.28 bits per heavy atom. The lowest BCUT2D eigenvalue weighted by atomic mass is 10.1. The predicted molar refractivity (Wildman–Crippen MR) is 102 cm³/mol. The third-order valence-electron chi connectivity index (χ3n) is 4.63. The van der Waals surface area contributed by atoms with Crippen LogP contribution < -0.4 is 10.5 Å². The monoisotopic (exact) mass is 355 g/mol. The number of nitrogen functional groups attached to an aromatic ring is 1. The number of likely N-dealkylation sites (tertiary alicyclic amines) is 1. The van der Waals surface area contributed by atoms with Gasteiger partial charge in [0.2, 0.25) is 0 Å². The van der Waals surface area contributed by atoms with Gasteiger partial charge in [-0.2, -0.15) is 0 Å². The average Bonchev–Trinajstić information content (AvgIpc) is 2.96. The number of anilines is 1. The van der Waals surface area contributed by atoms with Crippen LogP contribution in [0.2, 0.25) is 0 Å². The van der Waals surface area contributed by atoms with Crippen molar-refractivity contribution in [3.8, 4) is 5.75 Å². The molecule has 1 fully saturated rings. The molecule has 1 saturated heterocycles. The van der Waals surface area contributed by atoms with E-state index in [-0.39, 0.29) is 5.91 Å². The molecule has 3 heterocycles. The molecule has 0 saturated carbocycles. The van der Waals surface area contributed by atoms with Crippen LogP contribution in [0.1, 0.15) is 35.9 Å². The Morgan fingerprint density at radius 2 is 2.08 bits per heavy atom. The molecule has 2 N–H and O–H groups in total. The van der Waals surface area contributed by atoms with Crippen LogP contribution in [-0.4, -0.2) is 35.5 Å². The highest BCUT2D eigenvalue weighted by Gasteiger charge is 2.24. The molecular formula is C19H21N3O2S. The van der Waals surface area contributed by atoms with Crippen molar-refractivity contribution in [2.75, 3.05) is 25.4 Å². The van der Waals surface area contributed by atoms with Gasteiger partial charge < -0.3 is 15.4 Å². The maximum Gasteiger partial charge on any atom is 0.266 e. The van der Waals surface area contributed by atoms with E-state index in [1.807, 2.05) is 36.1 Å². The third-order valence-corrected chi connectivity index (χ3v) is 5.74. The molecular weight excluding hydrogens is 334 g/mol. The molecule has 3 aromatic rings. The van der Waals surface area contributed by atoms with E-state index in [9.17, 15) is 4.79 Å². The summed E-state index contributed by atoms with van der Waals surface area (Å²) in [4.78, 5) is 20.9. The van der Waals surface area contributed by atoms with Gasteiger partial charge >= 0.3 is 0 Å². The maximum absolute atomic E-state index is 12.8. The van der Waals surface area contributed by atoms with E-state index < -0.39 is 0 Å². The van der Waals surface area contributed by atoms with Crippen molar-refractivity contribution in [2.24, 2.45) is 0 Å². The van der Waals surface area contributed by atoms with Crippen LogP contribution in [0.4, 0.5) is 5.69 Å². The van der Waals surface area contributed by atoms with Gasteiger partial charge in [0.15, 0.2) is 0 Å². The highest BCUT2D eigenvalue weighted by Crippen LogP contribution is 2.36. The summed E-state index contributed by atoms with van der Waals surface area (Å²) >= 11 is 1.40. The second-order valence-electron chi connectivity index (χ2n) is 6.33. The molecule has 1 aliphatic heterocycles. The number of fused-ring (bicyclic) bond motifs is 2. The predicted octanol–water partition coefficient (Wildman–Crippen LogP) is 4.06. The van der Waals surface area contributed by atoms with Crippen LogP contribution in [0.3, 0.4) is 0 Å². The number of carbonyl (C=O) groups excluding carboxylic acids is 1. The van der Waals surface area contributed by atoms with Gasteiger partial charge in [-0.3, -0.25) is 4.79 Å². The Morgan fingerprint density at radius 3 is 2.84 bits per heavy atom. The number of rotatable bonds is 3. The minimum Gasteiger partial charge on any atom is -0.494 e. The number of ether oxygens (including phenoxy) is 1. The molecule has 0 bridgehead atoms. The van der Waals surface area contributed by atoms with Gasteiger partial charge in [-0.15, -0.1) is 11.3 Å². The van der Waals surface area contributed by atoms with E-state index in [1.54, 1.807) is 0 Å². The fraction of sp³-hybridized carbons (Fsp3) is 0.368. The van der Waals surface area contributed by atoms with Crippen LogP contribution in [0.5, 0.6) is 5.75 Å². The number of nitrogens with zero attached hydrogens (tertiary/aromatic N) is 2. The fourth-order valence-electron chi connectivity index (χ4n) is 3.34. The van der Waals surface area contributed by atoms with Crippen LogP contribution in [0, 0.1) is 0 Å². The molecule has 0 unspecified atom stereocenters. The van der Waals surface area contributed by atoms with E-state index in [2.05, 4.69) is 0 Å². The zero-order valence-electron chi connectivity index (χ0n) is 14.2. The minimum absolute atomic E-state index is 0.0410. The second kappa shape index (κ2) is 6.52. The van der Waals surface area contributed by atoms with Gasteiger partial charge in [0.1, 0.15) is 15.5 Å². The molecule has 5 nitrogen and oxygen atoms in total. The van der Waals surface area contributed by atoms with Crippen molar-refractivity contribution >= 4 is 44.1 Å². The van der Waals surface area contributed by atoms with E-state index in [0.717, 1.165) is 52.8 Å². The Hall–Kier alpha value is -2.34. The molecule has 0 spiro atoms. The number of thiophene rings is 1. The molecule has 0 aliphatic carbocycles. The van der Waals surface area contributed by atoms with Gasteiger partial charge in [0, 0.05) is 23.9 Å². The van der Waals surface area contributed by atoms with Crippen molar-refractivity contribution < 1.29 is 9.53 Å². The smallest absolute Gasteiger partial charge is 0.266 e. The lowest BCUT2D eigenvalue weighted by Gasteiger charge is -2.26. The van der Waals surface area contributed by atoms with Crippen LogP contribution in [-0.2, 0) is 0 Å². The Bertz CT molecular complexity index is 945. The molecule has 6 heteroatoms. The van der Waals surface area contributed by atoms with Crippen molar-refractivity contribution in [2.45, 2.75) is 26.2 Å². The number of hydrogen-bond donors (Lipinski definition) is 1. The van der Waals surface area contributed by atoms with E-state index in [4.69, 9.17) is 15.5 Å². The average molecular weight is 355 g/mol. The fourth-order valence-corrected chi connectivity index (χ4v) is 4.39. The topological polar surface area (TPSA) is 68.5 Å². The Kier molecular flexibility index (Phi) is 4.21. The first-order valence-electron chi connectivity index (χ1n) is 8.72. The van der Waals surface area contributed by atoms with Gasteiger partial charge in [-0.05, 0) is 50.5 Å². The number of benzene rings is 1. The summed E-state index contributed by atoms with van der Waals surface area (Å²) in [5.41, 5.74) is 7.76. The molecule has 1 aromatic carbocycles. The van der Waals surface area contributed by atoms with Gasteiger partial charge in [-0.25, -0.2) is 4.98 Å².